The van der Waals surface area contributed by atoms with Gasteiger partial charge in [0.15, 0.2) is 0 Å². The maximum absolute atomic E-state index is 3.74. The van der Waals surface area contributed by atoms with Crippen LogP contribution in [0.3, 0.4) is 0 Å². The molecule has 0 amide bonds. The van der Waals surface area contributed by atoms with Crippen LogP contribution >= 0.6 is 0 Å². The molecule has 0 radical (unpaired) electrons. The first kappa shape index (κ1) is 13.1. The van der Waals surface area contributed by atoms with Crippen molar-refractivity contribution in [3.8, 4) is 0 Å². The minimum Gasteiger partial charge on any atom is -0.316 e. The fraction of sp³-hybridized carbons (Fsp3) is 0.875. The summed E-state index contributed by atoms with van der Waals surface area (Å²) in [7, 11) is 0. The molecule has 0 aromatic heterocycles. The highest BCUT2D eigenvalue weighted by Crippen LogP contribution is 2.27. The van der Waals surface area contributed by atoms with Crippen molar-refractivity contribution in [3.05, 3.63) is 11.6 Å². The first-order chi connectivity index (χ1) is 8.24. The highest BCUT2D eigenvalue weighted by molar-refractivity contribution is 5.06. The Hall–Kier alpha value is -0.300. The molecular formula is C16H29N. The van der Waals surface area contributed by atoms with E-state index in [1.54, 1.807) is 5.57 Å². The van der Waals surface area contributed by atoms with Gasteiger partial charge >= 0.3 is 0 Å². The third kappa shape index (κ3) is 4.46. The van der Waals surface area contributed by atoms with E-state index in [1.807, 2.05) is 0 Å². The highest BCUT2D eigenvalue weighted by atomic mass is 14.9. The third-order valence-electron chi connectivity index (χ3n) is 4.48. The number of nitrogens with one attached hydrogen (secondary N) is 1. The van der Waals surface area contributed by atoms with Gasteiger partial charge in [-0.3, -0.25) is 0 Å². The van der Waals surface area contributed by atoms with Crippen molar-refractivity contribution in [2.45, 2.75) is 58.8 Å². The largest absolute Gasteiger partial charge is 0.316 e. The number of hydrogen-bond acceptors (Lipinski definition) is 1. The fourth-order valence-corrected chi connectivity index (χ4v) is 3.72. The van der Waals surface area contributed by atoms with E-state index in [0.29, 0.717) is 0 Å². The summed E-state index contributed by atoms with van der Waals surface area (Å²) in [6.07, 6.45) is 12.5. The van der Waals surface area contributed by atoms with Crippen LogP contribution in [0, 0.1) is 17.8 Å². The van der Waals surface area contributed by atoms with Crippen molar-refractivity contribution in [3.63, 3.8) is 0 Å². The predicted octanol–water partition coefficient (Wildman–Crippen LogP) is 4.15. The summed E-state index contributed by atoms with van der Waals surface area (Å²) < 4.78 is 0. The molecule has 2 rings (SSSR count). The van der Waals surface area contributed by atoms with Gasteiger partial charge in [0.05, 0.1) is 0 Å². The molecule has 1 fully saturated rings. The van der Waals surface area contributed by atoms with Gasteiger partial charge in [-0.2, -0.15) is 0 Å². The molecule has 0 heterocycles. The zero-order valence-corrected chi connectivity index (χ0v) is 11.7. The second-order valence-corrected chi connectivity index (χ2v) is 6.46. The second-order valence-electron chi connectivity index (χ2n) is 6.46. The van der Waals surface area contributed by atoms with E-state index >= 15 is 0 Å². The van der Waals surface area contributed by atoms with E-state index in [0.717, 1.165) is 17.8 Å². The van der Waals surface area contributed by atoms with Crippen molar-refractivity contribution >= 4 is 0 Å². The van der Waals surface area contributed by atoms with Gasteiger partial charge in [-0.25, -0.2) is 0 Å². The Balaban J connectivity index is 1.63. The van der Waals surface area contributed by atoms with Crippen LogP contribution < -0.4 is 5.32 Å². The van der Waals surface area contributed by atoms with E-state index in [2.05, 4.69) is 25.2 Å². The zero-order valence-electron chi connectivity index (χ0n) is 11.7. The Labute approximate surface area is 107 Å². The summed E-state index contributed by atoms with van der Waals surface area (Å²) in [5.74, 6) is 2.66. The molecule has 1 heteroatoms. The van der Waals surface area contributed by atoms with Gasteiger partial charge in [-0.1, -0.05) is 37.8 Å². The molecule has 0 spiro atoms. The van der Waals surface area contributed by atoms with Gasteiger partial charge in [-0.15, -0.1) is 0 Å². The van der Waals surface area contributed by atoms with Crippen LogP contribution in [0.4, 0.5) is 0 Å². The Morgan fingerprint density at radius 1 is 1.12 bits per heavy atom. The summed E-state index contributed by atoms with van der Waals surface area (Å²) in [6, 6.07) is 0. The van der Waals surface area contributed by atoms with Gasteiger partial charge in [0.25, 0.3) is 0 Å². The molecule has 2 aliphatic rings. The Kier molecular flexibility index (Phi) is 5.09. The predicted molar refractivity (Wildman–Crippen MR) is 75.1 cm³/mol. The maximum atomic E-state index is 3.74. The lowest BCUT2D eigenvalue weighted by molar-refractivity contribution is 0.318. The van der Waals surface area contributed by atoms with E-state index in [-0.39, 0.29) is 0 Å². The zero-order chi connectivity index (χ0) is 12.1. The molecule has 0 aromatic carbocycles. The summed E-state index contributed by atoms with van der Waals surface area (Å²) in [5, 5.41) is 3.74. The Bertz CT molecular complexity index is 250. The van der Waals surface area contributed by atoms with Gasteiger partial charge < -0.3 is 5.32 Å². The highest BCUT2D eigenvalue weighted by Gasteiger charge is 2.18. The van der Waals surface area contributed by atoms with Crippen molar-refractivity contribution in [1.82, 2.24) is 5.32 Å². The smallest absolute Gasteiger partial charge is 0.00171 e. The van der Waals surface area contributed by atoms with Gasteiger partial charge in [0.1, 0.15) is 0 Å². The summed E-state index contributed by atoms with van der Waals surface area (Å²) in [6.45, 7) is 7.17. The van der Waals surface area contributed by atoms with Crippen LogP contribution in [0.2, 0.25) is 0 Å². The van der Waals surface area contributed by atoms with Crippen molar-refractivity contribution < 1.29 is 0 Å². The lowest BCUT2D eigenvalue weighted by Crippen LogP contribution is -2.30. The van der Waals surface area contributed by atoms with Crippen LogP contribution in [-0.4, -0.2) is 13.1 Å². The van der Waals surface area contributed by atoms with Crippen molar-refractivity contribution in [2.75, 3.05) is 13.1 Å². The molecule has 2 atom stereocenters. The Morgan fingerprint density at radius 2 is 1.82 bits per heavy atom. The summed E-state index contributed by atoms with van der Waals surface area (Å²) in [4.78, 5) is 0. The van der Waals surface area contributed by atoms with E-state index in [9.17, 15) is 0 Å². The average Bonchev–Trinajstić information content (AvgIpc) is 2.29. The molecule has 0 aliphatic heterocycles. The molecule has 0 saturated heterocycles. The fourth-order valence-electron chi connectivity index (χ4n) is 3.72. The molecular weight excluding hydrogens is 206 g/mol. The molecule has 17 heavy (non-hydrogen) atoms. The van der Waals surface area contributed by atoms with E-state index < -0.39 is 0 Å². The molecule has 0 aromatic rings. The number of rotatable bonds is 4. The lowest BCUT2D eigenvalue weighted by Gasteiger charge is -2.27. The normalized spacial score (nSPS) is 31.3. The second kappa shape index (κ2) is 6.58. The van der Waals surface area contributed by atoms with Gasteiger partial charge in [-0.05, 0) is 63.5 Å². The van der Waals surface area contributed by atoms with Crippen molar-refractivity contribution in [2.24, 2.45) is 17.8 Å². The topological polar surface area (TPSA) is 12.0 Å². The molecule has 2 unspecified atom stereocenters. The molecule has 98 valence electrons. The van der Waals surface area contributed by atoms with Crippen LogP contribution in [0.5, 0.6) is 0 Å². The van der Waals surface area contributed by atoms with E-state index in [1.165, 1.54) is 58.0 Å². The summed E-state index contributed by atoms with van der Waals surface area (Å²) >= 11 is 0. The number of hydrogen-bond donors (Lipinski definition) is 1. The molecule has 0 bridgehead atoms. The minimum atomic E-state index is 0.797. The lowest BCUT2D eigenvalue weighted by atomic mass is 9.83. The SMILES string of the molecule is CC1=CC(C)CC(CNCC2CCCCC2)C1. The molecule has 1 N–H and O–H groups in total. The quantitative estimate of drug-likeness (QED) is 0.722. The van der Waals surface area contributed by atoms with Crippen LogP contribution in [0.15, 0.2) is 11.6 Å². The first-order valence-corrected chi connectivity index (χ1v) is 7.62. The van der Waals surface area contributed by atoms with Gasteiger partial charge in [0.2, 0.25) is 0 Å². The Morgan fingerprint density at radius 3 is 2.53 bits per heavy atom. The monoisotopic (exact) mass is 235 g/mol. The van der Waals surface area contributed by atoms with Gasteiger partial charge in [0, 0.05) is 0 Å². The van der Waals surface area contributed by atoms with Crippen LogP contribution in [0.1, 0.15) is 58.8 Å². The average molecular weight is 235 g/mol. The molecule has 1 nitrogen and oxygen atoms in total. The maximum Gasteiger partial charge on any atom is -0.00171 e. The van der Waals surface area contributed by atoms with Crippen LogP contribution in [-0.2, 0) is 0 Å². The van der Waals surface area contributed by atoms with Crippen LogP contribution in [0.25, 0.3) is 0 Å². The summed E-state index contributed by atoms with van der Waals surface area (Å²) in [5.41, 5.74) is 1.60. The van der Waals surface area contributed by atoms with E-state index in [4.69, 9.17) is 0 Å². The first-order valence-electron chi connectivity index (χ1n) is 7.62. The van der Waals surface area contributed by atoms with Crippen molar-refractivity contribution in [1.29, 1.82) is 0 Å². The standard InChI is InChI=1S/C16H29N/c1-13-8-14(2)10-16(9-13)12-17-11-15-6-4-3-5-7-15/h8,13,15-17H,3-7,9-12H2,1-2H3. The molecule has 1 saturated carbocycles. The molecule has 2 aliphatic carbocycles. The third-order valence-corrected chi connectivity index (χ3v) is 4.48. The number of allylic oxidation sites excluding steroid dienone is 2. The minimum absolute atomic E-state index is 0.797.